The van der Waals surface area contributed by atoms with E-state index in [1.807, 2.05) is 39.8 Å². The minimum absolute atomic E-state index is 0.0193. The van der Waals surface area contributed by atoms with E-state index in [4.69, 9.17) is 0 Å². The minimum Gasteiger partial charge on any atom is -0.318 e. The molecule has 11 heteroatoms. The van der Waals surface area contributed by atoms with E-state index in [-0.39, 0.29) is 16.3 Å². The highest BCUT2D eigenvalue weighted by Crippen LogP contribution is 2.27. The van der Waals surface area contributed by atoms with Gasteiger partial charge < -0.3 is 4.57 Å². The van der Waals surface area contributed by atoms with Gasteiger partial charge in [0.15, 0.2) is 0 Å². The molecule has 0 aliphatic heterocycles. The summed E-state index contributed by atoms with van der Waals surface area (Å²) in [6.45, 7) is 7.38. The SMILES string of the molecule is Cc1ccc(-n2c(C)cc(C=NNC(=O)CN(c3cccc([N+](=O)[O-])c3)S(=O)(=O)c3ccccc3)c2C)c(C)c1. The van der Waals surface area contributed by atoms with Crippen molar-refractivity contribution in [3.63, 3.8) is 0 Å². The van der Waals surface area contributed by atoms with Gasteiger partial charge in [-0.25, -0.2) is 13.8 Å². The predicted molar refractivity (Wildman–Crippen MR) is 155 cm³/mol. The Morgan fingerprint density at radius 2 is 1.73 bits per heavy atom. The van der Waals surface area contributed by atoms with Gasteiger partial charge in [0, 0.05) is 34.8 Å². The zero-order chi connectivity index (χ0) is 29.0. The predicted octanol–water partition coefficient (Wildman–Crippen LogP) is 4.96. The lowest BCUT2D eigenvalue weighted by molar-refractivity contribution is -0.384. The first-order chi connectivity index (χ1) is 19.0. The number of anilines is 1. The number of aromatic nitrogens is 1. The van der Waals surface area contributed by atoms with E-state index in [1.165, 1.54) is 42.1 Å². The third-order valence-corrected chi connectivity index (χ3v) is 8.19. The molecule has 0 aliphatic rings. The summed E-state index contributed by atoms with van der Waals surface area (Å²) in [5.41, 5.74) is 8.10. The molecule has 1 N–H and O–H groups in total. The molecule has 206 valence electrons. The van der Waals surface area contributed by atoms with Gasteiger partial charge in [-0.1, -0.05) is 42.0 Å². The molecule has 0 aliphatic carbocycles. The van der Waals surface area contributed by atoms with Crippen molar-refractivity contribution in [1.82, 2.24) is 9.99 Å². The van der Waals surface area contributed by atoms with Gasteiger partial charge in [-0.15, -0.1) is 0 Å². The van der Waals surface area contributed by atoms with E-state index in [2.05, 4.69) is 27.2 Å². The van der Waals surface area contributed by atoms with Crippen LogP contribution < -0.4 is 9.73 Å². The van der Waals surface area contributed by atoms with Crippen molar-refractivity contribution in [1.29, 1.82) is 0 Å². The molecule has 0 radical (unpaired) electrons. The number of carbonyl (C=O) groups excluding carboxylic acids is 1. The lowest BCUT2D eigenvalue weighted by Crippen LogP contribution is -2.39. The molecule has 10 nitrogen and oxygen atoms in total. The number of hydrogen-bond acceptors (Lipinski definition) is 6. The molecule has 0 saturated heterocycles. The molecule has 1 amide bonds. The molecule has 3 aromatic carbocycles. The zero-order valence-electron chi connectivity index (χ0n) is 22.5. The number of aryl methyl sites for hydroxylation is 3. The smallest absolute Gasteiger partial charge is 0.271 e. The summed E-state index contributed by atoms with van der Waals surface area (Å²) in [5, 5.41) is 15.4. The van der Waals surface area contributed by atoms with Crippen molar-refractivity contribution in [2.75, 3.05) is 10.8 Å². The fraction of sp³-hybridized carbons (Fsp3) is 0.172. The van der Waals surface area contributed by atoms with E-state index in [0.29, 0.717) is 0 Å². The average Bonchev–Trinajstić information content (AvgIpc) is 3.20. The van der Waals surface area contributed by atoms with Crippen LogP contribution in [-0.2, 0) is 14.8 Å². The largest absolute Gasteiger partial charge is 0.318 e. The highest BCUT2D eigenvalue weighted by Gasteiger charge is 2.28. The molecule has 0 spiro atoms. The second-order valence-electron chi connectivity index (χ2n) is 9.35. The molecule has 4 rings (SSSR count). The molecule has 0 bridgehead atoms. The molecule has 40 heavy (non-hydrogen) atoms. The van der Waals surface area contributed by atoms with Crippen LogP contribution in [0.1, 0.15) is 28.1 Å². The number of nitro groups is 1. The number of nitrogens with one attached hydrogen (secondary N) is 1. The maximum Gasteiger partial charge on any atom is 0.271 e. The maximum absolute atomic E-state index is 13.4. The molecular weight excluding hydrogens is 530 g/mol. The summed E-state index contributed by atoms with van der Waals surface area (Å²) in [7, 11) is -4.22. The Kier molecular flexibility index (Phi) is 8.15. The summed E-state index contributed by atoms with van der Waals surface area (Å²) in [5.74, 6) is -0.717. The van der Waals surface area contributed by atoms with Crippen LogP contribution in [0.15, 0.2) is 88.9 Å². The standard InChI is InChI=1S/C29H29N5O5S/c1-20-13-14-28(21(2)15-20)33-22(3)16-24(23(33)4)18-30-31-29(35)19-32(25-9-8-10-26(17-25)34(36)37)40(38,39)27-11-6-5-7-12-27/h5-18H,19H2,1-4H3,(H,31,35). The van der Waals surface area contributed by atoms with Crippen molar-refractivity contribution in [2.45, 2.75) is 32.6 Å². The first-order valence-electron chi connectivity index (χ1n) is 12.4. The summed E-state index contributed by atoms with van der Waals surface area (Å²) in [4.78, 5) is 23.5. The fourth-order valence-corrected chi connectivity index (χ4v) is 5.92. The summed E-state index contributed by atoms with van der Waals surface area (Å²) < 4.78 is 29.8. The van der Waals surface area contributed by atoms with Gasteiger partial charge >= 0.3 is 0 Å². The Labute approximate surface area is 232 Å². The van der Waals surface area contributed by atoms with E-state index in [1.54, 1.807) is 18.2 Å². The van der Waals surface area contributed by atoms with E-state index in [9.17, 15) is 23.3 Å². The molecule has 1 aromatic heterocycles. The highest BCUT2D eigenvalue weighted by atomic mass is 32.2. The number of amides is 1. The molecule has 0 unspecified atom stereocenters. The molecular formula is C29H29N5O5S. The second kappa shape index (κ2) is 11.5. The number of sulfonamides is 1. The lowest BCUT2D eigenvalue weighted by Gasteiger charge is -2.23. The first kappa shape index (κ1) is 28.2. The molecule has 1 heterocycles. The normalized spacial score (nSPS) is 11.5. The van der Waals surface area contributed by atoms with Gasteiger partial charge in [0.05, 0.1) is 21.7 Å². The van der Waals surface area contributed by atoms with Crippen LogP contribution in [0, 0.1) is 37.8 Å². The number of rotatable bonds is 9. The third kappa shape index (κ3) is 5.94. The van der Waals surface area contributed by atoms with Gasteiger partial charge in [0.2, 0.25) is 0 Å². The molecule has 0 atom stereocenters. The van der Waals surface area contributed by atoms with Crippen molar-refractivity contribution >= 4 is 33.5 Å². The number of benzene rings is 3. The first-order valence-corrected chi connectivity index (χ1v) is 13.8. The fourth-order valence-electron chi connectivity index (χ4n) is 4.48. The lowest BCUT2D eigenvalue weighted by atomic mass is 10.1. The maximum atomic E-state index is 13.4. The Bertz CT molecular complexity index is 1710. The Hall–Kier alpha value is -4.77. The summed E-state index contributed by atoms with van der Waals surface area (Å²) >= 11 is 0. The average molecular weight is 560 g/mol. The number of nitro benzene ring substituents is 1. The van der Waals surface area contributed by atoms with E-state index >= 15 is 0 Å². The molecule has 0 fully saturated rings. The van der Waals surface area contributed by atoms with Crippen LogP contribution in [0.3, 0.4) is 0 Å². The van der Waals surface area contributed by atoms with E-state index < -0.39 is 27.4 Å². The van der Waals surface area contributed by atoms with Crippen molar-refractivity contribution in [3.8, 4) is 5.69 Å². The zero-order valence-corrected chi connectivity index (χ0v) is 23.3. The molecule has 4 aromatic rings. The van der Waals surface area contributed by atoms with Gasteiger partial charge in [-0.2, -0.15) is 5.10 Å². The summed E-state index contributed by atoms with van der Waals surface area (Å²) in [6.07, 6.45) is 1.50. The van der Waals surface area contributed by atoms with Crippen molar-refractivity contribution in [3.05, 3.63) is 117 Å². The topological polar surface area (TPSA) is 127 Å². The third-order valence-electron chi connectivity index (χ3n) is 6.40. The second-order valence-corrected chi connectivity index (χ2v) is 11.2. The Balaban J connectivity index is 1.58. The number of hydrogen-bond donors (Lipinski definition) is 1. The van der Waals surface area contributed by atoms with Crippen molar-refractivity contribution < 1.29 is 18.1 Å². The Morgan fingerprint density at radius 3 is 2.40 bits per heavy atom. The summed E-state index contributed by atoms with van der Waals surface area (Å²) in [6, 6.07) is 20.8. The van der Waals surface area contributed by atoms with Crippen LogP contribution in [0.25, 0.3) is 5.69 Å². The monoisotopic (exact) mass is 559 g/mol. The van der Waals surface area contributed by atoms with Crippen molar-refractivity contribution in [2.24, 2.45) is 5.10 Å². The van der Waals surface area contributed by atoms with Gasteiger partial charge in [0.1, 0.15) is 6.54 Å². The number of carbonyl (C=O) groups is 1. The minimum atomic E-state index is -4.22. The van der Waals surface area contributed by atoms with Crippen LogP contribution >= 0.6 is 0 Å². The van der Waals surface area contributed by atoms with Gasteiger partial charge in [-0.3, -0.25) is 19.2 Å². The number of nitrogens with zero attached hydrogens (tertiary/aromatic N) is 4. The van der Waals surface area contributed by atoms with Crippen LogP contribution in [0.5, 0.6) is 0 Å². The van der Waals surface area contributed by atoms with E-state index in [0.717, 1.165) is 38.6 Å². The van der Waals surface area contributed by atoms with Crippen LogP contribution in [0.2, 0.25) is 0 Å². The Morgan fingerprint density at radius 1 is 1.00 bits per heavy atom. The highest BCUT2D eigenvalue weighted by molar-refractivity contribution is 7.92. The van der Waals surface area contributed by atoms with Gasteiger partial charge in [0.25, 0.3) is 21.6 Å². The molecule has 0 saturated carbocycles. The number of hydrazone groups is 1. The quantitative estimate of drug-likeness (QED) is 0.176. The number of non-ortho nitro benzene ring substituents is 1. The van der Waals surface area contributed by atoms with Crippen LogP contribution in [-0.4, -0.2) is 36.6 Å². The van der Waals surface area contributed by atoms with Crippen LogP contribution in [0.4, 0.5) is 11.4 Å². The van der Waals surface area contributed by atoms with Gasteiger partial charge in [-0.05, 0) is 63.6 Å².